The van der Waals surface area contributed by atoms with Gasteiger partial charge in [-0.1, -0.05) is 65.1 Å². The first-order chi connectivity index (χ1) is 10.2. The van der Waals surface area contributed by atoms with Crippen LogP contribution in [-0.2, 0) is 20.7 Å². The van der Waals surface area contributed by atoms with Crippen LogP contribution in [0.25, 0.3) is 0 Å². The van der Waals surface area contributed by atoms with Crippen molar-refractivity contribution in [2.24, 2.45) is 5.73 Å². The molecule has 0 unspecified atom stereocenters. The lowest BCUT2D eigenvalue weighted by atomic mass is 10.1. The molecule has 0 bridgehead atoms. The van der Waals surface area contributed by atoms with E-state index in [-0.39, 0.29) is 0 Å². The molecule has 0 fully saturated rings. The second kappa shape index (κ2) is 8.58. The third kappa shape index (κ3) is 7.31. The minimum atomic E-state index is -1.69. The molecule has 5 nitrogen and oxygen atoms in total. The van der Waals surface area contributed by atoms with Gasteiger partial charge in [-0.05, 0) is 18.9 Å². The molecular weight excluding hydrogens is 351 g/mol. The molecule has 3 N–H and O–H groups in total. The SMILES string of the molecule is C[C@@H](NC(=O)[C@H](N)Cc1ccccc1)C(=O)OCC(Cl)(Cl)Cl. The quantitative estimate of drug-likeness (QED) is 0.595. The third-order valence-corrected chi connectivity index (χ3v) is 3.05. The van der Waals surface area contributed by atoms with E-state index in [9.17, 15) is 9.59 Å². The number of esters is 1. The van der Waals surface area contributed by atoms with Crippen molar-refractivity contribution in [1.82, 2.24) is 5.32 Å². The Morgan fingerprint density at radius 3 is 2.41 bits per heavy atom. The molecule has 1 amide bonds. The number of nitrogens with one attached hydrogen (secondary N) is 1. The molecule has 1 aromatic rings. The maximum atomic E-state index is 11.9. The van der Waals surface area contributed by atoms with E-state index in [1.54, 1.807) is 0 Å². The molecule has 0 saturated carbocycles. The molecule has 0 aliphatic heterocycles. The van der Waals surface area contributed by atoms with Crippen LogP contribution in [0.5, 0.6) is 0 Å². The van der Waals surface area contributed by atoms with E-state index in [0.29, 0.717) is 6.42 Å². The number of rotatable bonds is 6. The van der Waals surface area contributed by atoms with Crippen molar-refractivity contribution >= 4 is 46.7 Å². The number of nitrogens with two attached hydrogens (primary N) is 1. The Kier molecular flexibility index (Phi) is 7.42. The summed E-state index contributed by atoms with van der Waals surface area (Å²) in [5.41, 5.74) is 6.74. The van der Waals surface area contributed by atoms with Crippen molar-refractivity contribution in [3.63, 3.8) is 0 Å². The lowest BCUT2D eigenvalue weighted by Crippen LogP contribution is -2.48. The van der Waals surface area contributed by atoms with Crippen LogP contribution in [0.3, 0.4) is 0 Å². The monoisotopic (exact) mass is 366 g/mol. The fourth-order valence-electron chi connectivity index (χ4n) is 1.62. The number of benzene rings is 1. The van der Waals surface area contributed by atoms with E-state index in [2.05, 4.69) is 5.32 Å². The molecule has 122 valence electrons. The lowest BCUT2D eigenvalue weighted by molar-refractivity contribution is -0.147. The van der Waals surface area contributed by atoms with Crippen LogP contribution in [0.2, 0.25) is 0 Å². The Balaban J connectivity index is 2.44. The van der Waals surface area contributed by atoms with Crippen molar-refractivity contribution in [3.8, 4) is 0 Å². The Morgan fingerprint density at radius 2 is 1.86 bits per heavy atom. The summed E-state index contributed by atoms with van der Waals surface area (Å²) < 4.78 is 3.09. The van der Waals surface area contributed by atoms with Crippen LogP contribution in [0.4, 0.5) is 0 Å². The van der Waals surface area contributed by atoms with Gasteiger partial charge in [-0.2, -0.15) is 0 Å². The van der Waals surface area contributed by atoms with Gasteiger partial charge in [0.25, 0.3) is 0 Å². The van der Waals surface area contributed by atoms with Crippen LogP contribution in [0.1, 0.15) is 12.5 Å². The van der Waals surface area contributed by atoms with Crippen LogP contribution >= 0.6 is 34.8 Å². The van der Waals surface area contributed by atoms with Crippen molar-refractivity contribution in [3.05, 3.63) is 35.9 Å². The van der Waals surface area contributed by atoms with Gasteiger partial charge < -0.3 is 15.8 Å². The zero-order chi connectivity index (χ0) is 16.8. The minimum Gasteiger partial charge on any atom is -0.460 e. The molecule has 1 aromatic carbocycles. The summed E-state index contributed by atoms with van der Waals surface area (Å²) in [5.74, 6) is -1.16. The van der Waals surface area contributed by atoms with Gasteiger partial charge in [-0.3, -0.25) is 4.79 Å². The summed E-state index contributed by atoms with van der Waals surface area (Å²) >= 11 is 16.4. The number of carbonyl (C=O) groups is 2. The average molecular weight is 368 g/mol. The summed E-state index contributed by atoms with van der Waals surface area (Å²) in [6.45, 7) is 1.07. The summed E-state index contributed by atoms with van der Waals surface area (Å²) in [6.07, 6.45) is 0.364. The Hall–Kier alpha value is -1.01. The van der Waals surface area contributed by atoms with Crippen LogP contribution < -0.4 is 11.1 Å². The molecule has 1 rings (SSSR count). The smallest absolute Gasteiger partial charge is 0.328 e. The average Bonchev–Trinajstić information content (AvgIpc) is 2.44. The Bertz CT molecular complexity index is 506. The first kappa shape index (κ1) is 19.0. The molecule has 22 heavy (non-hydrogen) atoms. The van der Waals surface area contributed by atoms with Crippen molar-refractivity contribution < 1.29 is 14.3 Å². The van der Waals surface area contributed by atoms with Gasteiger partial charge in [0.05, 0.1) is 6.04 Å². The second-order valence-electron chi connectivity index (χ2n) is 4.75. The topological polar surface area (TPSA) is 81.4 Å². The van der Waals surface area contributed by atoms with Gasteiger partial charge in [0.15, 0.2) is 0 Å². The molecule has 0 saturated heterocycles. The fraction of sp³-hybridized carbons (Fsp3) is 0.429. The van der Waals surface area contributed by atoms with E-state index in [0.717, 1.165) is 5.56 Å². The molecule has 0 aromatic heterocycles. The van der Waals surface area contributed by atoms with Gasteiger partial charge in [-0.15, -0.1) is 0 Å². The zero-order valence-corrected chi connectivity index (χ0v) is 14.2. The molecule has 2 atom stereocenters. The summed E-state index contributed by atoms with van der Waals surface area (Å²) in [7, 11) is 0. The minimum absolute atomic E-state index is 0.364. The standard InChI is InChI=1S/C14H17Cl3N2O3/c1-9(13(21)22-8-14(15,16)17)19-12(20)11(18)7-10-5-3-2-4-6-10/h2-6,9,11H,7-8,18H2,1H3,(H,19,20)/t9-,11-/m1/s1. The largest absolute Gasteiger partial charge is 0.460 e. The number of carbonyl (C=O) groups excluding carboxylic acids is 2. The number of alkyl halides is 3. The van der Waals surface area contributed by atoms with Gasteiger partial charge in [0.1, 0.15) is 12.6 Å². The first-order valence-corrected chi connectivity index (χ1v) is 7.65. The Labute approximate surface area is 144 Å². The summed E-state index contributed by atoms with van der Waals surface area (Å²) in [5, 5.41) is 2.47. The van der Waals surface area contributed by atoms with E-state index in [1.165, 1.54) is 6.92 Å². The van der Waals surface area contributed by atoms with Gasteiger partial charge in [0, 0.05) is 0 Å². The second-order valence-corrected chi connectivity index (χ2v) is 7.27. The molecule has 8 heteroatoms. The molecule has 0 radical (unpaired) electrons. The third-order valence-electron chi connectivity index (χ3n) is 2.73. The first-order valence-electron chi connectivity index (χ1n) is 6.52. The normalized spacial score (nSPS) is 14.0. The zero-order valence-electron chi connectivity index (χ0n) is 11.9. The number of halogens is 3. The molecule has 0 spiro atoms. The predicted molar refractivity (Wildman–Crippen MR) is 87.0 cm³/mol. The van der Waals surface area contributed by atoms with Crippen molar-refractivity contribution in [1.29, 1.82) is 0 Å². The number of ether oxygens (including phenoxy) is 1. The van der Waals surface area contributed by atoms with Crippen molar-refractivity contribution in [2.75, 3.05) is 6.61 Å². The van der Waals surface area contributed by atoms with E-state index in [4.69, 9.17) is 45.3 Å². The van der Waals surface area contributed by atoms with Crippen LogP contribution in [0, 0.1) is 0 Å². The highest BCUT2D eigenvalue weighted by molar-refractivity contribution is 6.67. The fourth-order valence-corrected chi connectivity index (χ4v) is 1.78. The van der Waals surface area contributed by atoms with Gasteiger partial charge in [0.2, 0.25) is 9.70 Å². The summed E-state index contributed by atoms with van der Waals surface area (Å²) in [6, 6.07) is 7.66. The van der Waals surface area contributed by atoms with E-state index >= 15 is 0 Å². The maximum absolute atomic E-state index is 11.9. The van der Waals surface area contributed by atoms with E-state index < -0.39 is 34.4 Å². The maximum Gasteiger partial charge on any atom is 0.328 e. The van der Waals surface area contributed by atoms with Crippen molar-refractivity contribution in [2.45, 2.75) is 29.2 Å². The molecule has 0 heterocycles. The highest BCUT2D eigenvalue weighted by atomic mass is 35.6. The number of hydrogen-bond donors (Lipinski definition) is 2. The Morgan fingerprint density at radius 1 is 1.27 bits per heavy atom. The van der Waals surface area contributed by atoms with Crippen LogP contribution in [0.15, 0.2) is 30.3 Å². The van der Waals surface area contributed by atoms with E-state index in [1.807, 2.05) is 30.3 Å². The molecular formula is C14H17Cl3N2O3. The predicted octanol–water partition coefficient (Wildman–Crippen LogP) is 1.97. The molecule has 0 aliphatic rings. The van der Waals surface area contributed by atoms with Crippen LogP contribution in [-0.4, -0.2) is 34.4 Å². The lowest BCUT2D eigenvalue weighted by Gasteiger charge is -2.18. The molecule has 0 aliphatic carbocycles. The van der Waals surface area contributed by atoms with Gasteiger partial charge >= 0.3 is 5.97 Å². The highest BCUT2D eigenvalue weighted by Gasteiger charge is 2.26. The number of amides is 1. The highest BCUT2D eigenvalue weighted by Crippen LogP contribution is 2.25. The number of hydrogen-bond acceptors (Lipinski definition) is 4. The summed E-state index contributed by atoms with van der Waals surface area (Å²) in [4.78, 5) is 23.6. The van der Waals surface area contributed by atoms with Gasteiger partial charge in [-0.25, -0.2) is 4.79 Å².